The predicted molar refractivity (Wildman–Crippen MR) is 112 cm³/mol. The highest BCUT2D eigenvalue weighted by atomic mass is 32.1. The van der Waals surface area contributed by atoms with Crippen molar-refractivity contribution in [3.63, 3.8) is 0 Å². The third kappa shape index (κ3) is 3.76. The van der Waals surface area contributed by atoms with Gasteiger partial charge in [0.1, 0.15) is 0 Å². The number of aromatic nitrogens is 3. The van der Waals surface area contributed by atoms with Crippen LogP contribution in [0.1, 0.15) is 29.2 Å². The molecule has 7 heteroatoms. The highest BCUT2D eigenvalue weighted by Gasteiger charge is 2.41. The first kappa shape index (κ1) is 18.6. The van der Waals surface area contributed by atoms with Crippen molar-refractivity contribution in [3.8, 4) is 0 Å². The van der Waals surface area contributed by atoms with Crippen LogP contribution in [0.4, 0.5) is 0 Å². The monoisotopic (exact) mass is 393 g/mol. The van der Waals surface area contributed by atoms with Crippen molar-refractivity contribution in [2.45, 2.75) is 25.2 Å². The Morgan fingerprint density at radius 1 is 1.07 bits per heavy atom. The lowest BCUT2D eigenvalue weighted by Gasteiger charge is -2.28. The molecule has 4 heterocycles. The van der Waals surface area contributed by atoms with Crippen molar-refractivity contribution in [3.05, 3.63) is 84.2 Å². The fourth-order valence-electron chi connectivity index (χ4n) is 3.65. The van der Waals surface area contributed by atoms with Crippen LogP contribution in [0.15, 0.2) is 67.1 Å². The van der Waals surface area contributed by atoms with E-state index < -0.39 is 0 Å². The SMILES string of the molecule is COCCn1cccc1[C@@H]1[C@H](c2ccccn2)NC(=S)N1Cc1ccccn1. The molecule has 6 nitrogen and oxygen atoms in total. The molecule has 1 fully saturated rings. The molecule has 0 aromatic carbocycles. The van der Waals surface area contributed by atoms with Gasteiger partial charge in [0.2, 0.25) is 0 Å². The Balaban J connectivity index is 1.72. The van der Waals surface area contributed by atoms with E-state index in [1.165, 1.54) is 5.69 Å². The maximum Gasteiger partial charge on any atom is 0.170 e. The van der Waals surface area contributed by atoms with Crippen molar-refractivity contribution in [2.24, 2.45) is 0 Å². The Labute approximate surface area is 170 Å². The lowest BCUT2D eigenvalue weighted by molar-refractivity contribution is 0.183. The summed E-state index contributed by atoms with van der Waals surface area (Å²) in [5, 5.41) is 4.20. The van der Waals surface area contributed by atoms with Gasteiger partial charge in [-0.15, -0.1) is 0 Å². The van der Waals surface area contributed by atoms with Crippen LogP contribution in [-0.4, -0.2) is 38.3 Å². The first-order valence-electron chi connectivity index (χ1n) is 9.30. The number of pyridine rings is 2. The maximum absolute atomic E-state index is 5.72. The van der Waals surface area contributed by atoms with Crippen LogP contribution in [0.5, 0.6) is 0 Å². The Bertz CT molecular complexity index is 915. The average Bonchev–Trinajstić information content (AvgIpc) is 3.32. The molecule has 1 aliphatic rings. The molecule has 28 heavy (non-hydrogen) atoms. The lowest BCUT2D eigenvalue weighted by Crippen LogP contribution is -2.30. The highest BCUT2D eigenvalue weighted by Crippen LogP contribution is 2.39. The summed E-state index contributed by atoms with van der Waals surface area (Å²) in [5.74, 6) is 0. The number of thiocarbonyl (C=S) groups is 1. The van der Waals surface area contributed by atoms with Gasteiger partial charge in [0.15, 0.2) is 5.11 Å². The third-order valence-corrected chi connectivity index (χ3v) is 5.31. The van der Waals surface area contributed by atoms with E-state index in [2.05, 4.69) is 43.1 Å². The average molecular weight is 394 g/mol. The van der Waals surface area contributed by atoms with E-state index in [4.69, 9.17) is 17.0 Å². The van der Waals surface area contributed by atoms with Gasteiger partial charge in [-0.1, -0.05) is 12.1 Å². The summed E-state index contributed by atoms with van der Waals surface area (Å²) in [6, 6.07) is 16.1. The summed E-state index contributed by atoms with van der Waals surface area (Å²) >= 11 is 5.72. The second kappa shape index (κ2) is 8.50. The largest absolute Gasteiger partial charge is 0.383 e. The molecule has 3 aromatic rings. The number of nitrogens with zero attached hydrogens (tertiary/aromatic N) is 4. The zero-order valence-corrected chi connectivity index (χ0v) is 16.5. The topological polar surface area (TPSA) is 55.2 Å². The van der Waals surface area contributed by atoms with Gasteiger partial charge in [-0.05, 0) is 48.6 Å². The molecule has 1 saturated heterocycles. The molecule has 0 bridgehead atoms. The predicted octanol–water partition coefficient (Wildman–Crippen LogP) is 3.10. The molecule has 0 amide bonds. The van der Waals surface area contributed by atoms with E-state index in [1.807, 2.05) is 48.8 Å². The standard InChI is InChI=1S/C21H23N5OS/c1-27-14-13-25-12-6-9-18(25)20-19(17-8-3-5-11-23-17)24-21(28)26(20)15-16-7-2-4-10-22-16/h2-12,19-20H,13-15H2,1H3,(H,24,28)/t19-,20+/m0/s1. The van der Waals surface area contributed by atoms with Crippen molar-refractivity contribution in [1.29, 1.82) is 0 Å². The van der Waals surface area contributed by atoms with Gasteiger partial charge in [0, 0.05) is 37.9 Å². The van der Waals surface area contributed by atoms with Crippen molar-refractivity contribution in [1.82, 2.24) is 24.8 Å². The molecule has 0 unspecified atom stereocenters. The zero-order valence-electron chi connectivity index (χ0n) is 15.7. The van der Waals surface area contributed by atoms with E-state index in [-0.39, 0.29) is 12.1 Å². The third-order valence-electron chi connectivity index (χ3n) is 4.96. The molecule has 0 saturated carbocycles. The Hall–Kier alpha value is -2.77. The number of methoxy groups -OCH3 is 1. The Morgan fingerprint density at radius 2 is 1.89 bits per heavy atom. The fourth-order valence-corrected chi connectivity index (χ4v) is 3.96. The number of hydrogen-bond donors (Lipinski definition) is 1. The first-order valence-corrected chi connectivity index (χ1v) is 9.70. The zero-order chi connectivity index (χ0) is 19.3. The lowest BCUT2D eigenvalue weighted by atomic mass is 10.0. The van der Waals surface area contributed by atoms with Crippen molar-refractivity contribution >= 4 is 17.3 Å². The smallest absolute Gasteiger partial charge is 0.170 e. The highest BCUT2D eigenvalue weighted by molar-refractivity contribution is 7.80. The van der Waals surface area contributed by atoms with E-state index >= 15 is 0 Å². The summed E-state index contributed by atoms with van der Waals surface area (Å²) < 4.78 is 7.52. The van der Waals surface area contributed by atoms with E-state index in [0.717, 1.165) is 17.9 Å². The fraction of sp³-hybridized carbons (Fsp3) is 0.286. The summed E-state index contributed by atoms with van der Waals surface area (Å²) in [4.78, 5) is 11.3. The summed E-state index contributed by atoms with van der Waals surface area (Å²) in [7, 11) is 1.72. The van der Waals surface area contributed by atoms with Crippen LogP contribution in [0, 0.1) is 0 Å². The van der Waals surface area contributed by atoms with Crippen LogP contribution < -0.4 is 5.32 Å². The number of hydrogen-bond acceptors (Lipinski definition) is 4. The molecular weight excluding hydrogens is 370 g/mol. The number of ether oxygens (including phenoxy) is 1. The van der Waals surface area contributed by atoms with Gasteiger partial charge in [0.25, 0.3) is 0 Å². The quantitative estimate of drug-likeness (QED) is 0.623. The van der Waals surface area contributed by atoms with E-state index in [0.29, 0.717) is 18.3 Å². The van der Waals surface area contributed by atoms with Gasteiger partial charge in [0.05, 0.1) is 36.6 Å². The van der Waals surface area contributed by atoms with Crippen LogP contribution in [0.3, 0.4) is 0 Å². The van der Waals surface area contributed by atoms with Crippen LogP contribution in [0.25, 0.3) is 0 Å². The van der Waals surface area contributed by atoms with Gasteiger partial charge < -0.3 is 19.5 Å². The minimum Gasteiger partial charge on any atom is -0.383 e. The summed E-state index contributed by atoms with van der Waals surface area (Å²) in [6.45, 7) is 2.07. The van der Waals surface area contributed by atoms with Crippen LogP contribution >= 0.6 is 12.2 Å². The minimum atomic E-state index is -0.0337. The molecule has 4 rings (SSSR count). The van der Waals surface area contributed by atoms with Crippen molar-refractivity contribution in [2.75, 3.05) is 13.7 Å². The Morgan fingerprint density at radius 3 is 2.61 bits per heavy atom. The van der Waals surface area contributed by atoms with Gasteiger partial charge >= 0.3 is 0 Å². The van der Waals surface area contributed by atoms with Crippen molar-refractivity contribution < 1.29 is 4.74 Å². The second-order valence-electron chi connectivity index (χ2n) is 6.69. The summed E-state index contributed by atoms with van der Waals surface area (Å²) in [6.07, 6.45) is 5.72. The van der Waals surface area contributed by atoms with Gasteiger partial charge in [-0.3, -0.25) is 9.97 Å². The molecule has 0 aliphatic carbocycles. The molecule has 1 N–H and O–H groups in total. The van der Waals surface area contributed by atoms with Crippen LogP contribution in [-0.2, 0) is 17.8 Å². The molecule has 0 spiro atoms. The molecule has 1 aliphatic heterocycles. The number of rotatable bonds is 7. The minimum absolute atomic E-state index is 0.0104. The second-order valence-corrected chi connectivity index (χ2v) is 7.08. The summed E-state index contributed by atoms with van der Waals surface area (Å²) in [5.41, 5.74) is 3.13. The van der Waals surface area contributed by atoms with Gasteiger partial charge in [-0.25, -0.2) is 0 Å². The van der Waals surface area contributed by atoms with E-state index in [9.17, 15) is 0 Å². The normalized spacial score (nSPS) is 19.0. The molecule has 0 radical (unpaired) electrons. The number of nitrogens with one attached hydrogen (secondary N) is 1. The molecule has 2 atom stereocenters. The van der Waals surface area contributed by atoms with Gasteiger partial charge in [-0.2, -0.15) is 0 Å². The molecular formula is C21H23N5OS. The molecule has 3 aromatic heterocycles. The maximum atomic E-state index is 5.72. The molecule has 144 valence electrons. The first-order chi connectivity index (χ1) is 13.8. The Kier molecular flexibility index (Phi) is 5.64. The van der Waals surface area contributed by atoms with E-state index in [1.54, 1.807) is 7.11 Å². The van der Waals surface area contributed by atoms with Crippen LogP contribution in [0.2, 0.25) is 0 Å².